The molecule has 1 N–H and O–H groups in total. The van der Waals surface area contributed by atoms with Gasteiger partial charge in [-0.2, -0.15) is 0 Å². The summed E-state index contributed by atoms with van der Waals surface area (Å²) < 4.78 is 0. The van der Waals surface area contributed by atoms with Gasteiger partial charge in [0.05, 0.1) is 0 Å². The van der Waals surface area contributed by atoms with Crippen LogP contribution in [0, 0.1) is 0 Å². The lowest BCUT2D eigenvalue weighted by Gasteiger charge is -2.28. The first-order valence-electron chi connectivity index (χ1n) is 6.24. The van der Waals surface area contributed by atoms with Crippen molar-refractivity contribution in [2.24, 2.45) is 0 Å². The van der Waals surface area contributed by atoms with Gasteiger partial charge in [0.2, 0.25) is 0 Å². The molecule has 0 atom stereocenters. The molecule has 0 heterocycles. The van der Waals surface area contributed by atoms with Crippen LogP contribution in [0.3, 0.4) is 0 Å². The van der Waals surface area contributed by atoms with Gasteiger partial charge in [-0.25, -0.2) is 0 Å². The summed E-state index contributed by atoms with van der Waals surface area (Å²) in [5.74, 6) is 0. The first-order valence-corrected chi connectivity index (χ1v) is 7.37. The number of hydrogen-bond donors (Lipinski definition) is 1. The van der Waals surface area contributed by atoms with Crippen LogP contribution in [-0.2, 0) is 5.41 Å². The average molecular weight is 309 g/mol. The molecule has 0 saturated carbocycles. The van der Waals surface area contributed by atoms with Crippen molar-refractivity contribution in [3.05, 3.63) is 32.8 Å². The molecule has 1 aromatic carbocycles. The number of benzene rings is 1. The summed E-state index contributed by atoms with van der Waals surface area (Å²) in [4.78, 5) is 0. The Morgan fingerprint density at radius 3 is 2.11 bits per heavy atom. The van der Waals surface area contributed by atoms with Gasteiger partial charge in [0, 0.05) is 15.1 Å². The second-order valence-corrected chi connectivity index (χ2v) is 6.38. The Morgan fingerprint density at radius 2 is 1.61 bits per heavy atom. The van der Waals surface area contributed by atoms with Gasteiger partial charge in [-0.3, -0.25) is 0 Å². The fourth-order valence-electron chi connectivity index (χ4n) is 2.02. The van der Waals surface area contributed by atoms with Crippen molar-refractivity contribution >= 4 is 34.8 Å². The summed E-state index contributed by atoms with van der Waals surface area (Å²) in [5, 5.41) is 5.27. The first kappa shape index (κ1) is 16.1. The van der Waals surface area contributed by atoms with Crippen LogP contribution in [0.2, 0.25) is 15.1 Å². The van der Waals surface area contributed by atoms with Crippen molar-refractivity contribution in [3.8, 4) is 0 Å². The highest BCUT2D eigenvalue weighted by Crippen LogP contribution is 2.39. The highest BCUT2D eigenvalue weighted by atomic mass is 35.5. The predicted octanol–water partition coefficient (Wildman–Crippen LogP) is 5.31. The van der Waals surface area contributed by atoms with Crippen molar-refractivity contribution in [1.82, 2.24) is 5.32 Å². The van der Waals surface area contributed by atoms with E-state index in [0.29, 0.717) is 15.1 Å². The summed E-state index contributed by atoms with van der Waals surface area (Å²) in [6, 6.07) is 3.51. The molecule has 18 heavy (non-hydrogen) atoms. The van der Waals surface area contributed by atoms with Crippen LogP contribution in [0.1, 0.15) is 39.2 Å². The third-order valence-corrected chi connectivity index (χ3v) is 3.85. The van der Waals surface area contributed by atoms with Crippen molar-refractivity contribution < 1.29 is 0 Å². The number of rotatable bonds is 6. The Bertz CT molecular complexity index is 379. The number of halogens is 3. The molecule has 1 rings (SSSR count). The standard InChI is InChI=1S/C14H20Cl3N/c1-4-6-18-7-5-14(2,3)13-11(16)8-10(15)9-12(13)17/h8-9,18H,4-7H2,1-3H3. The lowest BCUT2D eigenvalue weighted by molar-refractivity contribution is 0.457. The van der Waals surface area contributed by atoms with Gasteiger partial charge in [0.1, 0.15) is 0 Å². The second-order valence-electron chi connectivity index (χ2n) is 5.13. The zero-order chi connectivity index (χ0) is 13.8. The predicted molar refractivity (Wildman–Crippen MR) is 82.3 cm³/mol. The van der Waals surface area contributed by atoms with Crippen LogP contribution in [0.15, 0.2) is 12.1 Å². The number of nitrogens with one attached hydrogen (secondary N) is 1. The summed E-state index contributed by atoms with van der Waals surface area (Å²) in [6.07, 6.45) is 2.12. The highest BCUT2D eigenvalue weighted by molar-refractivity contribution is 6.39. The van der Waals surface area contributed by atoms with E-state index in [1.165, 1.54) is 0 Å². The molecule has 0 spiro atoms. The molecule has 0 radical (unpaired) electrons. The Morgan fingerprint density at radius 1 is 1.06 bits per heavy atom. The minimum Gasteiger partial charge on any atom is -0.317 e. The molecule has 0 bridgehead atoms. The maximum atomic E-state index is 6.27. The molecule has 1 nitrogen and oxygen atoms in total. The number of hydrogen-bond acceptors (Lipinski definition) is 1. The Balaban J connectivity index is 2.84. The molecule has 4 heteroatoms. The zero-order valence-corrected chi connectivity index (χ0v) is 13.4. The van der Waals surface area contributed by atoms with Gasteiger partial charge < -0.3 is 5.32 Å². The molecule has 0 fully saturated rings. The maximum Gasteiger partial charge on any atom is 0.0473 e. The quantitative estimate of drug-likeness (QED) is 0.702. The van der Waals surface area contributed by atoms with Gasteiger partial charge in [-0.05, 0) is 49.0 Å². The molecule has 1 aromatic rings. The summed E-state index contributed by atoms with van der Waals surface area (Å²) >= 11 is 18.5. The van der Waals surface area contributed by atoms with Gasteiger partial charge in [0.15, 0.2) is 0 Å². The van der Waals surface area contributed by atoms with Crippen LogP contribution in [0.5, 0.6) is 0 Å². The Labute approximate surface area is 125 Å². The van der Waals surface area contributed by atoms with Crippen molar-refractivity contribution in [1.29, 1.82) is 0 Å². The maximum absolute atomic E-state index is 6.27. The summed E-state index contributed by atoms with van der Waals surface area (Å²) in [6.45, 7) is 8.46. The third kappa shape index (κ3) is 4.31. The van der Waals surface area contributed by atoms with E-state index in [9.17, 15) is 0 Å². The van der Waals surface area contributed by atoms with Gasteiger partial charge in [-0.15, -0.1) is 0 Å². The molecular weight excluding hydrogens is 289 g/mol. The van der Waals surface area contributed by atoms with Gasteiger partial charge in [-0.1, -0.05) is 55.6 Å². The van der Waals surface area contributed by atoms with E-state index < -0.39 is 0 Å². The molecule has 0 saturated heterocycles. The fourth-order valence-corrected chi connectivity index (χ4v) is 3.34. The smallest absolute Gasteiger partial charge is 0.0473 e. The van der Waals surface area contributed by atoms with Crippen LogP contribution in [0.4, 0.5) is 0 Å². The van der Waals surface area contributed by atoms with Gasteiger partial charge >= 0.3 is 0 Å². The monoisotopic (exact) mass is 307 g/mol. The van der Waals surface area contributed by atoms with E-state index in [4.69, 9.17) is 34.8 Å². The Kier molecular flexibility index (Phi) is 6.26. The van der Waals surface area contributed by atoms with Crippen molar-refractivity contribution in [2.75, 3.05) is 13.1 Å². The molecule has 0 aliphatic heterocycles. The van der Waals surface area contributed by atoms with Crippen LogP contribution in [-0.4, -0.2) is 13.1 Å². The fraction of sp³-hybridized carbons (Fsp3) is 0.571. The van der Waals surface area contributed by atoms with Crippen molar-refractivity contribution in [2.45, 2.75) is 39.0 Å². The van der Waals surface area contributed by atoms with E-state index in [0.717, 1.165) is 31.5 Å². The van der Waals surface area contributed by atoms with Crippen LogP contribution in [0.25, 0.3) is 0 Å². The molecule has 0 amide bonds. The van der Waals surface area contributed by atoms with E-state index in [1.54, 1.807) is 12.1 Å². The van der Waals surface area contributed by atoms with Gasteiger partial charge in [0.25, 0.3) is 0 Å². The minimum atomic E-state index is -0.0699. The zero-order valence-electron chi connectivity index (χ0n) is 11.1. The summed E-state index contributed by atoms with van der Waals surface area (Å²) in [7, 11) is 0. The Hall–Kier alpha value is 0.0500. The minimum absolute atomic E-state index is 0.0699. The summed E-state index contributed by atoms with van der Waals surface area (Å²) in [5.41, 5.74) is 0.910. The lowest BCUT2D eigenvalue weighted by Crippen LogP contribution is -2.26. The molecule has 0 aliphatic rings. The van der Waals surface area contributed by atoms with E-state index in [1.807, 2.05) is 0 Å². The second kappa shape index (κ2) is 7.00. The largest absolute Gasteiger partial charge is 0.317 e. The first-order chi connectivity index (χ1) is 8.38. The van der Waals surface area contributed by atoms with E-state index in [2.05, 4.69) is 26.1 Å². The normalized spacial score (nSPS) is 11.9. The lowest BCUT2D eigenvalue weighted by atomic mass is 9.81. The van der Waals surface area contributed by atoms with E-state index in [-0.39, 0.29) is 5.41 Å². The molecule has 0 aliphatic carbocycles. The highest BCUT2D eigenvalue weighted by Gasteiger charge is 2.26. The van der Waals surface area contributed by atoms with E-state index >= 15 is 0 Å². The SMILES string of the molecule is CCCNCCC(C)(C)c1c(Cl)cc(Cl)cc1Cl. The van der Waals surface area contributed by atoms with Crippen LogP contribution >= 0.6 is 34.8 Å². The van der Waals surface area contributed by atoms with Crippen molar-refractivity contribution in [3.63, 3.8) is 0 Å². The molecule has 0 unspecified atom stereocenters. The van der Waals surface area contributed by atoms with Crippen LogP contribution < -0.4 is 5.32 Å². The topological polar surface area (TPSA) is 12.0 Å². The third-order valence-electron chi connectivity index (χ3n) is 3.04. The average Bonchev–Trinajstić information content (AvgIpc) is 2.22. The molecule has 102 valence electrons. The molecule has 0 aromatic heterocycles. The molecular formula is C14H20Cl3N.